The van der Waals surface area contributed by atoms with Gasteiger partial charge in [0.1, 0.15) is 0 Å². The molecule has 0 atom stereocenters. The molecule has 0 aliphatic heterocycles. The van der Waals surface area contributed by atoms with Crippen LogP contribution in [-0.2, 0) is 0 Å². The molecule has 1 aromatic rings. The molecule has 0 saturated heterocycles. The highest BCUT2D eigenvalue weighted by Gasteiger charge is 2.04. The van der Waals surface area contributed by atoms with E-state index in [2.05, 4.69) is 11.9 Å². The summed E-state index contributed by atoms with van der Waals surface area (Å²) < 4.78 is 5.43. The highest BCUT2D eigenvalue weighted by Crippen LogP contribution is 2.11. The van der Waals surface area contributed by atoms with E-state index in [1.165, 1.54) is 44.0 Å². The number of carboxylic acid groups (broad SMARTS) is 1. The lowest BCUT2D eigenvalue weighted by Gasteiger charge is -2.05. The molecule has 0 bridgehead atoms. The van der Waals surface area contributed by atoms with Gasteiger partial charge in [-0.05, 0) is 12.5 Å². The molecular weight excluding hydrogens is 230 g/mol. The molecule has 18 heavy (non-hydrogen) atoms. The van der Waals surface area contributed by atoms with Crippen LogP contribution in [0.2, 0.25) is 0 Å². The van der Waals surface area contributed by atoms with Crippen molar-refractivity contribution in [3.05, 3.63) is 23.9 Å². The number of hydrogen-bond acceptors (Lipinski definition) is 3. The van der Waals surface area contributed by atoms with E-state index in [0.717, 1.165) is 12.8 Å². The third kappa shape index (κ3) is 5.66. The van der Waals surface area contributed by atoms with Crippen LogP contribution < -0.4 is 4.74 Å². The first kappa shape index (κ1) is 14.5. The van der Waals surface area contributed by atoms with Crippen LogP contribution in [0.1, 0.15) is 55.8 Å². The minimum Gasteiger partial charge on any atom is -0.478 e. The van der Waals surface area contributed by atoms with Gasteiger partial charge in [-0.3, -0.25) is 0 Å². The van der Waals surface area contributed by atoms with Gasteiger partial charge in [-0.1, -0.05) is 39.0 Å². The van der Waals surface area contributed by atoms with E-state index >= 15 is 0 Å². The molecule has 0 aliphatic rings. The zero-order valence-electron chi connectivity index (χ0n) is 10.9. The maximum absolute atomic E-state index is 10.7. The molecule has 0 radical (unpaired) electrons. The topological polar surface area (TPSA) is 59.4 Å². The summed E-state index contributed by atoms with van der Waals surface area (Å²) in [5, 5.41) is 8.82. The van der Waals surface area contributed by atoms with Gasteiger partial charge in [0, 0.05) is 12.3 Å². The second kappa shape index (κ2) is 8.50. The molecule has 0 saturated carbocycles. The van der Waals surface area contributed by atoms with Crippen molar-refractivity contribution in [3.8, 4) is 5.88 Å². The molecule has 1 N–H and O–H groups in total. The molecule has 1 rings (SSSR count). The van der Waals surface area contributed by atoms with Crippen LogP contribution in [0.25, 0.3) is 0 Å². The quantitative estimate of drug-likeness (QED) is 0.682. The lowest BCUT2D eigenvalue weighted by molar-refractivity contribution is 0.0696. The Kier molecular flexibility index (Phi) is 6.84. The van der Waals surface area contributed by atoms with Gasteiger partial charge in [0.25, 0.3) is 0 Å². The average Bonchev–Trinajstić information content (AvgIpc) is 2.38. The molecule has 0 aliphatic carbocycles. The van der Waals surface area contributed by atoms with Crippen LogP contribution in [0.3, 0.4) is 0 Å². The molecule has 4 heteroatoms. The lowest BCUT2D eigenvalue weighted by atomic mass is 10.1. The fraction of sp³-hybridized carbons (Fsp3) is 0.571. The summed E-state index contributed by atoms with van der Waals surface area (Å²) in [6, 6.07) is 2.92. The van der Waals surface area contributed by atoms with Crippen LogP contribution in [0.4, 0.5) is 0 Å². The Balaban J connectivity index is 2.19. The van der Waals surface area contributed by atoms with Gasteiger partial charge < -0.3 is 9.84 Å². The molecule has 0 fully saturated rings. The lowest BCUT2D eigenvalue weighted by Crippen LogP contribution is -2.02. The Bertz CT molecular complexity index is 366. The molecule has 100 valence electrons. The van der Waals surface area contributed by atoms with Crippen molar-refractivity contribution in [1.29, 1.82) is 0 Å². The van der Waals surface area contributed by atoms with Crippen molar-refractivity contribution < 1.29 is 14.6 Å². The first-order chi connectivity index (χ1) is 8.74. The van der Waals surface area contributed by atoms with Crippen molar-refractivity contribution in [2.45, 2.75) is 45.4 Å². The van der Waals surface area contributed by atoms with Crippen molar-refractivity contribution in [2.24, 2.45) is 0 Å². The number of unbranched alkanes of at least 4 members (excludes halogenated alkanes) is 5. The predicted octanol–water partition coefficient (Wildman–Crippen LogP) is 3.52. The third-order valence-electron chi connectivity index (χ3n) is 2.73. The fourth-order valence-electron chi connectivity index (χ4n) is 1.68. The highest BCUT2D eigenvalue weighted by atomic mass is 16.5. The van der Waals surface area contributed by atoms with Gasteiger partial charge in [0.2, 0.25) is 5.88 Å². The average molecular weight is 251 g/mol. The molecule has 0 aromatic carbocycles. The Morgan fingerprint density at radius 1 is 1.28 bits per heavy atom. The van der Waals surface area contributed by atoms with E-state index in [1.54, 1.807) is 0 Å². The second-order valence-electron chi connectivity index (χ2n) is 4.30. The Hall–Kier alpha value is -1.58. The van der Waals surface area contributed by atoms with E-state index in [1.807, 2.05) is 0 Å². The molecule has 1 heterocycles. The number of ether oxygens (including phenoxy) is 1. The Labute approximate surface area is 108 Å². The number of rotatable bonds is 9. The van der Waals surface area contributed by atoms with Crippen molar-refractivity contribution in [2.75, 3.05) is 6.61 Å². The summed E-state index contributed by atoms with van der Waals surface area (Å²) in [6.45, 7) is 2.80. The van der Waals surface area contributed by atoms with Crippen molar-refractivity contribution in [3.63, 3.8) is 0 Å². The number of aromatic nitrogens is 1. The van der Waals surface area contributed by atoms with Gasteiger partial charge in [0.05, 0.1) is 12.2 Å². The summed E-state index contributed by atoms with van der Waals surface area (Å²) in [5.74, 6) is -0.565. The third-order valence-corrected chi connectivity index (χ3v) is 2.73. The summed E-state index contributed by atoms with van der Waals surface area (Å²) >= 11 is 0. The zero-order valence-corrected chi connectivity index (χ0v) is 10.9. The van der Waals surface area contributed by atoms with Crippen LogP contribution in [0.15, 0.2) is 18.3 Å². The maximum Gasteiger partial charge on any atom is 0.335 e. The monoisotopic (exact) mass is 251 g/mol. The van der Waals surface area contributed by atoms with Crippen LogP contribution in [0.5, 0.6) is 5.88 Å². The first-order valence-corrected chi connectivity index (χ1v) is 6.56. The molecule has 0 amide bonds. The maximum atomic E-state index is 10.7. The van der Waals surface area contributed by atoms with Crippen LogP contribution in [0, 0.1) is 0 Å². The predicted molar refractivity (Wildman–Crippen MR) is 70.1 cm³/mol. The summed E-state index contributed by atoms with van der Waals surface area (Å²) in [4.78, 5) is 14.7. The van der Waals surface area contributed by atoms with Gasteiger partial charge in [0.15, 0.2) is 0 Å². The van der Waals surface area contributed by atoms with Gasteiger partial charge in [-0.2, -0.15) is 0 Å². The van der Waals surface area contributed by atoms with E-state index in [0.29, 0.717) is 12.5 Å². The molecular formula is C14H21NO3. The Morgan fingerprint density at radius 2 is 2.00 bits per heavy atom. The van der Waals surface area contributed by atoms with E-state index in [4.69, 9.17) is 9.84 Å². The van der Waals surface area contributed by atoms with E-state index in [-0.39, 0.29) is 5.56 Å². The largest absolute Gasteiger partial charge is 0.478 e. The minimum atomic E-state index is -0.957. The van der Waals surface area contributed by atoms with Crippen molar-refractivity contribution >= 4 is 5.97 Å². The number of carboxylic acids is 1. The van der Waals surface area contributed by atoms with Crippen LogP contribution in [-0.4, -0.2) is 22.7 Å². The number of aromatic carboxylic acids is 1. The Morgan fingerprint density at radius 3 is 2.72 bits per heavy atom. The molecule has 4 nitrogen and oxygen atoms in total. The summed E-state index contributed by atoms with van der Waals surface area (Å²) in [6.07, 6.45) is 8.66. The fourth-order valence-corrected chi connectivity index (χ4v) is 1.68. The minimum absolute atomic E-state index is 0.211. The number of carbonyl (C=O) groups is 1. The number of pyridine rings is 1. The number of hydrogen-bond donors (Lipinski definition) is 1. The van der Waals surface area contributed by atoms with Gasteiger partial charge in [-0.15, -0.1) is 0 Å². The van der Waals surface area contributed by atoms with Gasteiger partial charge in [-0.25, -0.2) is 9.78 Å². The SMILES string of the molecule is CCCCCCCCOc1cc(C(=O)O)ccn1. The van der Waals surface area contributed by atoms with E-state index in [9.17, 15) is 4.79 Å². The summed E-state index contributed by atoms with van der Waals surface area (Å²) in [7, 11) is 0. The van der Waals surface area contributed by atoms with Crippen molar-refractivity contribution in [1.82, 2.24) is 4.98 Å². The zero-order chi connectivity index (χ0) is 13.2. The van der Waals surface area contributed by atoms with Crippen LogP contribution >= 0.6 is 0 Å². The summed E-state index contributed by atoms with van der Waals surface area (Å²) in [5.41, 5.74) is 0.211. The normalized spacial score (nSPS) is 10.3. The standard InChI is InChI=1S/C14H21NO3/c1-2-3-4-5-6-7-10-18-13-11-12(14(16)17)8-9-15-13/h8-9,11H,2-7,10H2,1H3,(H,16,17). The smallest absolute Gasteiger partial charge is 0.335 e. The van der Waals surface area contributed by atoms with Gasteiger partial charge >= 0.3 is 5.97 Å². The number of nitrogens with zero attached hydrogens (tertiary/aromatic N) is 1. The van der Waals surface area contributed by atoms with E-state index < -0.39 is 5.97 Å². The molecule has 1 aromatic heterocycles. The molecule has 0 spiro atoms. The first-order valence-electron chi connectivity index (χ1n) is 6.56. The highest BCUT2D eigenvalue weighted by molar-refractivity contribution is 5.87. The molecule has 0 unspecified atom stereocenters. The second-order valence-corrected chi connectivity index (χ2v) is 4.30.